The first-order valence-corrected chi connectivity index (χ1v) is 10.6. The lowest BCUT2D eigenvalue weighted by molar-refractivity contribution is -0.122. The molecule has 2 aromatic rings. The number of hydrogen-bond acceptors (Lipinski definition) is 3. The van der Waals surface area contributed by atoms with Gasteiger partial charge >= 0.3 is 0 Å². The van der Waals surface area contributed by atoms with Crippen molar-refractivity contribution in [2.75, 3.05) is 18.4 Å². The molecule has 0 radical (unpaired) electrons. The predicted octanol–water partition coefficient (Wildman–Crippen LogP) is 3.49. The fourth-order valence-corrected chi connectivity index (χ4v) is 4.20. The van der Waals surface area contributed by atoms with Gasteiger partial charge in [-0.2, -0.15) is 0 Å². The average Bonchev–Trinajstić information content (AvgIpc) is 3.25. The molecule has 152 valence electrons. The fourth-order valence-electron chi connectivity index (χ4n) is 4.20. The minimum absolute atomic E-state index is 0.00204. The van der Waals surface area contributed by atoms with Gasteiger partial charge in [0, 0.05) is 31.1 Å². The number of anilines is 1. The number of amides is 2. The SMILES string of the molecule is O=C(CC[C@@H]1Cc2ccccc2NC1=O)NCc1ccc(CN2CCCC2)cc1. The van der Waals surface area contributed by atoms with Gasteiger partial charge in [0.25, 0.3) is 0 Å². The first-order valence-electron chi connectivity index (χ1n) is 10.6. The summed E-state index contributed by atoms with van der Waals surface area (Å²) in [6, 6.07) is 16.4. The maximum absolute atomic E-state index is 12.3. The summed E-state index contributed by atoms with van der Waals surface area (Å²) in [6.45, 7) is 3.94. The topological polar surface area (TPSA) is 61.4 Å². The molecule has 0 aliphatic carbocycles. The van der Waals surface area contributed by atoms with Crippen LogP contribution in [-0.2, 0) is 29.1 Å². The molecule has 1 atom stereocenters. The summed E-state index contributed by atoms with van der Waals surface area (Å²) in [6.07, 6.45) is 4.25. The second-order valence-electron chi connectivity index (χ2n) is 8.16. The summed E-state index contributed by atoms with van der Waals surface area (Å²) in [7, 11) is 0. The van der Waals surface area contributed by atoms with Gasteiger partial charge in [0.2, 0.25) is 11.8 Å². The van der Waals surface area contributed by atoms with Gasteiger partial charge < -0.3 is 10.6 Å². The van der Waals surface area contributed by atoms with Crippen molar-refractivity contribution in [2.24, 2.45) is 5.92 Å². The average molecular weight is 392 g/mol. The van der Waals surface area contributed by atoms with E-state index in [1.54, 1.807) is 0 Å². The van der Waals surface area contributed by atoms with Crippen LogP contribution in [0, 0.1) is 5.92 Å². The van der Waals surface area contributed by atoms with E-state index < -0.39 is 0 Å². The number of nitrogens with zero attached hydrogens (tertiary/aromatic N) is 1. The van der Waals surface area contributed by atoms with Crippen LogP contribution < -0.4 is 10.6 Å². The Morgan fingerprint density at radius 2 is 1.76 bits per heavy atom. The molecule has 2 aliphatic rings. The van der Waals surface area contributed by atoms with Crippen molar-refractivity contribution in [3.05, 3.63) is 65.2 Å². The van der Waals surface area contributed by atoms with Crippen LogP contribution in [-0.4, -0.2) is 29.8 Å². The Balaban J connectivity index is 1.20. The Hall–Kier alpha value is -2.66. The predicted molar refractivity (Wildman–Crippen MR) is 114 cm³/mol. The molecule has 2 amide bonds. The van der Waals surface area contributed by atoms with Crippen molar-refractivity contribution in [3.8, 4) is 0 Å². The van der Waals surface area contributed by atoms with Crippen LogP contribution in [0.25, 0.3) is 0 Å². The van der Waals surface area contributed by atoms with Gasteiger partial charge in [-0.3, -0.25) is 14.5 Å². The van der Waals surface area contributed by atoms with E-state index in [4.69, 9.17) is 0 Å². The van der Waals surface area contributed by atoms with Gasteiger partial charge in [-0.25, -0.2) is 0 Å². The molecule has 0 aromatic heterocycles. The highest BCUT2D eigenvalue weighted by Crippen LogP contribution is 2.27. The first kappa shape index (κ1) is 19.6. The molecule has 5 nitrogen and oxygen atoms in total. The van der Waals surface area contributed by atoms with Crippen LogP contribution >= 0.6 is 0 Å². The molecule has 0 bridgehead atoms. The van der Waals surface area contributed by atoms with Gasteiger partial charge in [-0.15, -0.1) is 0 Å². The summed E-state index contributed by atoms with van der Waals surface area (Å²) in [5.74, 6) is -0.122. The standard InChI is InChI=1S/C24H29N3O2/c28-23(12-11-21-15-20-5-1-2-6-22(20)26-24(21)29)25-16-18-7-9-19(10-8-18)17-27-13-3-4-14-27/h1-2,5-10,21H,3-4,11-17H2,(H,25,28)(H,26,29)/t21-/m1/s1. The molecule has 29 heavy (non-hydrogen) atoms. The number of hydrogen-bond donors (Lipinski definition) is 2. The second-order valence-corrected chi connectivity index (χ2v) is 8.16. The van der Waals surface area contributed by atoms with E-state index in [9.17, 15) is 9.59 Å². The third-order valence-corrected chi connectivity index (χ3v) is 5.95. The molecule has 2 aliphatic heterocycles. The zero-order valence-corrected chi connectivity index (χ0v) is 16.8. The molecule has 2 heterocycles. The van der Waals surface area contributed by atoms with Crippen molar-refractivity contribution in [3.63, 3.8) is 0 Å². The lowest BCUT2D eigenvalue weighted by atomic mass is 9.89. The van der Waals surface area contributed by atoms with Crippen molar-refractivity contribution < 1.29 is 9.59 Å². The number of benzene rings is 2. The number of rotatable bonds is 7. The van der Waals surface area contributed by atoms with E-state index >= 15 is 0 Å². The summed E-state index contributed by atoms with van der Waals surface area (Å²) in [5, 5.41) is 5.93. The summed E-state index contributed by atoms with van der Waals surface area (Å²) in [4.78, 5) is 27.0. The number of para-hydroxylation sites is 1. The maximum Gasteiger partial charge on any atom is 0.227 e. The van der Waals surface area contributed by atoms with Crippen molar-refractivity contribution >= 4 is 17.5 Å². The van der Waals surface area contributed by atoms with E-state index in [0.717, 1.165) is 23.4 Å². The van der Waals surface area contributed by atoms with Gasteiger partial charge in [0.05, 0.1) is 0 Å². The van der Waals surface area contributed by atoms with E-state index in [-0.39, 0.29) is 17.7 Å². The zero-order valence-electron chi connectivity index (χ0n) is 16.8. The van der Waals surface area contributed by atoms with Gasteiger partial charge in [0.1, 0.15) is 0 Å². The number of nitrogens with one attached hydrogen (secondary N) is 2. The van der Waals surface area contributed by atoms with Crippen LogP contribution in [0.1, 0.15) is 42.4 Å². The van der Waals surface area contributed by atoms with E-state index in [1.807, 2.05) is 24.3 Å². The second kappa shape index (κ2) is 9.23. The smallest absolute Gasteiger partial charge is 0.227 e. The monoisotopic (exact) mass is 391 g/mol. The van der Waals surface area contributed by atoms with Crippen molar-refractivity contribution in [1.29, 1.82) is 0 Å². The molecule has 0 saturated carbocycles. The highest BCUT2D eigenvalue weighted by molar-refractivity contribution is 5.96. The molecule has 2 aromatic carbocycles. The third-order valence-electron chi connectivity index (χ3n) is 5.95. The molecule has 0 unspecified atom stereocenters. The minimum Gasteiger partial charge on any atom is -0.352 e. The van der Waals surface area contributed by atoms with Crippen LogP contribution in [0.2, 0.25) is 0 Å². The van der Waals surface area contributed by atoms with E-state index in [1.165, 1.54) is 31.5 Å². The number of carbonyl (C=O) groups is 2. The van der Waals surface area contributed by atoms with Crippen molar-refractivity contribution in [1.82, 2.24) is 10.2 Å². The summed E-state index contributed by atoms with van der Waals surface area (Å²) >= 11 is 0. The normalized spacial score (nSPS) is 18.9. The molecule has 5 heteroatoms. The number of carbonyl (C=O) groups excluding carboxylic acids is 2. The molecule has 2 N–H and O–H groups in total. The molecule has 1 fully saturated rings. The molecule has 4 rings (SSSR count). The first-order chi connectivity index (χ1) is 14.2. The van der Waals surface area contributed by atoms with Crippen LogP contribution in [0.3, 0.4) is 0 Å². The van der Waals surface area contributed by atoms with Crippen molar-refractivity contribution in [2.45, 2.75) is 45.2 Å². The van der Waals surface area contributed by atoms with E-state index in [0.29, 0.717) is 25.8 Å². The van der Waals surface area contributed by atoms with Crippen LogP contribution in [0.5, 0.6) is 0 Å². The van der Waals surface area contributed by atoms with E-state index in [2.05, 4.69) is 39.8 Å². The lowest BCUT2D eigenvalue weighted by Crippen LogP contribution is -2.31. The quantitative estimate of drug-likeness (QED) is 0.760. The molecule has 0 spiro atoms. The van der Waals surface area contributed by atoms with Gasteiger partial charge in [-0.05, 0) is 61.5 Å². The highest BCUT2D eigenvalue weighted by atomic mass is 16.2. The Labute approximate surface area is 172 Å². The largest absolute Gasteiger partial charge is 0.352 e. The zero-order chi connectivity index (χ0) is 20.1. The third kappa shape index (κ3) is 5.24. The lowest BCUT2D eigenvalue weighted by Gasteiger charge is -2.24. The molecular weight excluding hydrogens is 362 g/mol. The Morgan fingerprint density at radius 1 is 1.03 bits per heavy atom. The van der Waals surface area contributed by atoms with Gasteiger partial charge in [-0.1, -0.05) is 42.5 Å². The number of likely N-dealkylation sites (tertiary alicyclic amines) is 1. The molecular formula is C24H29N3O2. The minimum atomic E-state index is -0.138. The Kier molecular flexibility index (Phi) is 6.25. The van der Waals surface area contributed by atoms with Gasteiger partial charge in [0.15, 0.2) is 0 Å². The maximum atomic E-state index is 12.3. The van der Waals surface area contributed by atoms with Crippen LogP contribution in [0.4, 0.5) is 5.69 Å². The van der Waals surface area contributed by atoms with Crippen LogP contribution in [0.15, 0.2) is 48.5 Å². The summed E-state index contributed by atoms with van der Waals surface area (Å²) < 4.78 is 0. The number of fused-ring (bicyclic) bond motifs is 1. The molecule has 1 saturated heterocycles. The highest BCUT2D eigenvalue weighted by Gasteiger charge is 2.26. The Morgan fingerprint density at radius 3 is 2.55 bits per heavy atom. The fraction of sp³-hybridized carbons (Fsp3) is 0.417. The summed E-state index contributed by atoms with van der Waals surface area (Å²) in [5.41, 5.74) is 4.47. The Bertz CT molecular complexity index is 857.